The molecule has 0 aliphatic rings. The van der Waals surface area contributed by atoms with Gasteiger partial charge in [-0.1, -0.05) is 104 Å². The maximum absolute atomic E-state index is 10.9. The molecule has 2 nitrogen and oxygen atoms in total. The van der Waals surface area contributed by atoms with E-state index >= 15 is 0 Å². The number of ketones is 1. The summed E-state index contributed by atoms with van der Waals surface area (Å²) in [5.41, 5.74) is 0. The average molecular weight is 413 g/mol. The molecule has 0 saturated carbocycles. The molecule has 0 aliphatic carbocycles. The van der Waals surface area contributed by atoms with E-state index in [1.807, 2.05) is 0 Å². The summed E-state index contributed by atoms with van der Waals surface area (Å²) in [6.45, 7) is 9.67. The van der Waals surface area contributed by atoms with Crippen molar-refractivity contribution in [3.63, 3.8) is 0 Å². The van der Waals surface area contributed by atoms with Gasteiger partial charge in [0.05, 0.1) is 0 Å². The number of Topliss-reactive ketones (excluding diaryl/α,β-unsaturated/α-hetero) is 1. The van der Waals surface area contributed by atoms with Gasteiger partial charge in [-0.3, -0.25) is 0 Å². The Hall–Kier alpha value is -0.153. The molecule has 0 aliphatic heterocycles. The highest BCUT2D eigenvalue weighted by atomic mass is 28.4. The van der Waals surface area contributed by atoms with E-state index in [0.717, 1.165) is 19.4 Å². The fourth-order valence-electron chi connectivity index (χ4n) is 4.12. The summed E-state index contributed by atoms with van der Waals surface area (Å²) in [6.07, 6.45) is 21.2. The number of hydrogen-bond donors (Lipinski definition) is 0. The highest BCUT2D eigenvalue weighted by Gasteiger charge is 2.27. The zero-order valence-electron chi connectivity index (χ0n) is 20.0. The molecule has 0 aromatic heterocycles. The second-order valence-electron chi connectivity index (χ2n) is 8.85. The van der Waals surface area contributed by atoms with Crippen LogP contribution in [0.4, 0.5) is 0 Å². The molecule has 0 heterocycles. The predicted octanol–water partition coefficient (Wildman–Crippen LogP) is 8.84. The molecule has 168 valence electrons. The Morgan fingerprint density at radius 2 is 0.893 bits per heavy atom. The van der Waals surface area contributed by atoms with Crippen LogP contribution in [-0.4, -0.2) is 20.7 Å². The van der Waals surface area contributed by atoms with Crippen LogP contribution in [0.2, 0.25) is 18.1 Å². The fraction of sp³-hybridized carbons (Fsp3) is 0.960. The molecule has 28 heavy (non-hydrogen) atoms. The van der Waals surface area contributed by atoms with Crippen molar-refractivity contribution in [1.29, 1.82) is 0 Å². The highest BCUT2D eigenvalue weighted by Crippen LogP contribution is 2.22. The minimum atomic E-state index is -1.34. The van der Waals surface area contributed by atoms with E-state index in [0.29, 0.717) is 5.78 Å². The Morgan fingerprint density at radius 3 is 1.21 bits per heavy atom. The molecule has 0 saturated heterocycles. The third kappa shape index (κ3) is 16.8. The molecular weight excluding hydrogens is 360 g/mol. The zero-order chi connectivity index (χ0) is 20.9. The van der Waals surface area contributed by atoms with Crippen LogP contribution in [-0.2, 0) is 9.22 Å². The van der Waals surface area contributed by atoms with Gasteiger partial charge in [0.2, 0.25) is 0 Å². The van der Waals surface area contributed by atoms with Gasteiger partial charge in [-0.25, -0.2) is 0 Å². The molecule has 3 heteroatoms. The molecule has 0 aromatic carbocycles. The van der Waals surface area contributed by atoms with E-state index < -0.39 is 8.32 Å². The monoisotopic (exact) mass is 412 g/mol. The lowest BCUT2D eigenvalue weighted by Crippen LogP contribution is -2.36. The second-order valence-corrected chi connectivity index (χ2v) is 13.6. The summed E-state index contributed by atoms with van der Waals surface area (Å²) in [7, 11) is -1.34. The van der Waals surface area contributed by atoms with Crippen molar-refractivity contribution in [1.82, 2.24) is 0 Å². The van der Waals surface area contributed by atoms with Gasteiger partial charge in [-0.2, -0.15) is 0 Å². The molecule has 0 aromatic rings. The first kappa shape index (κ1) is 27.8. The van der Waals surface area contributed by atoms with Gasteiger partial charge in [-0.15, -0.1) is 0 Å². The third-order valence-corrected chi connectivity index (χ3v) is 11.2. The van der Waals surface area contributed by atoms with Crippen LogP contribution in [0.5, 0.6) is 0 Å². The van der Waals surface area contributed by atoms with Crippen LogP contribution < -0.4 is 0 Å². The van der Waals surface area contributed by atoms with Crippen molar-refractivity contribution in [2.45, 2.75) is 149 Å². The first-order valence-corrected chi connectivity index (χ1v) is 15.3. The Labute approximate surface area is 178 Å². The maximum atomic E-state index is 10.9. The normalized spacial score (nSPS) is 11.9. The van der Waals surface area contributed by atoms with Gasteiger partial charge < -0.3 is 9.22 Å². The standard InChI is InChI=1S/C25H52O2Si/c1-5-28(6-2,7-3)27-24-22-20-18-16-14-12-10-8-9-11-13-15-17-19-21-23-25(4)26/h5-24H2,1-4H3. The van der Waals surface area contributed by atoms with Crippen LogP contribution in [0.1, 0.15) is 130 Å². The molecule has 0 spiro atoms. The van der Waals surface area contributed by atoms with Crippen molar-refractivity contribution in [3.05, 3.63) is 0 Å². The SMILES string of the molecule is CC[Si](CC)(CC)OCCCCCCCCCCCCCCCCCC(C)=O. The van der Waals surface area contributed by atoms with E-state index in [1.165, 1.54) is 108 Å². The van der Waals surface area contributed by atoms with Crippen LogP contribution in [0.15, 0.2) is 0 Å². The quantitative estimate of drug-likeness (QED) is 0.131. The summed E-state index contributed by atoms with van der Waals surface area (Å²) < 4.78 is 6.33. The summed E-state index contributed by atoms with van der Waals surface area (Å²) in [4.78, 5) is 10.9. The van der Waals surface area contributed by atoms with E-state index in [-0.39, 0.29) is 0 Å². The molecule has 0 radical (unpaired) electrons. The topological polar surface area (TPSA) is 26.3 Å². The summed E-state index contributed by atoms with van der Waals surface area (Å²) >= 11 is 0. The Balaban J connectivity index is 3.21. The van der Waals surface area contributed by atoms with Gasteiger partial charge >= 0.3 is 0 Å². The fourth-order valence-corrected chi connectivity index (χ4v) is 6.81. The predicted molar refractivity (Wildman–Crippen MR) is 128 cm³/mol. The van der Waals surface area contributed by atoms with Gasteiger partial charge in [0, 0.05) is 13.0 Å². The Morgan fingerprint density at radius 1 is 0.571 bits per heavy atom. The van der Waals surface area contributed by atoms with Crippen molar-refractivity contribution in [2.75, 3.05) is 6.61 Å². The van der Waals surface area contributed by atoms with Crippen molar-refractivity contribution in [3.8, 4) is 0 Å². The zero-order valence-corrected chi connectivity index (χ0v) is 21.0. The first-order chi connectivity index (χ1) is 13.6. The van der Waals surface area contributed by atoms with Crippen LogP contribution >= 0.6 is 0 Å². The van der Waals surface area contributed by atoms with Crippen molar-refractivity contribution < 1.29 is 9.22 Å². The van der Waals surface area contributed by atoms with Gasteiger partial charge in [0.25, 0.3) is 0 Å². The van der Waals surface area contributed by atoms with E-state index in [4.69, 9.17) is 4.43 Å². The first-order valence-electron chi connectivity index (χ1n) is 12.7. The molecule has 0 unspecified atom stereocenters. The largest absolute Gasteiger partial charge is 0.417 e. The van der Waals surface area contributed by atoms with Crippen LogP contribution in [0.3, 0.4) is 0 Å². The lowest BCUT2D eigenvalue weighted by molar-refractivity contribution is -0.117. The van der Waals surface area contributed by atoms with Crippen LogP contribution in [0.25, 0.3) is 0 Å². The highest BCUT2D eigenvalue weighted by molar-refractivity contribution is 6.73. The molecule has 0 bridgehead atoms. The lowest BCUT2D eigenvalue weighted by atomic mass is 10.0. The maximum Gasteiger partial charge on any atom is 0.191 e. The Bertz CT molecular complexity index is 331. The number of hydrogen-bond acceptors (Lipinski definition) is 2. The van der Waals surface area contributed by atoms with E-state index in [1.54, 1.807) is 6.92 Å². The molecular formula is C25H52O2Si. The summed E-state index contributed by atoms with van der Waals surface area (Å²) in [5, 5.41) is 0. The van der Waals surface area contributed by atoms with Crippen molar-refractivity contribution in [2.24, 2.45) is 0 Å². The van der Waals surface area contributed by atoms with Gasteiger partial charge in [-0.05, 0) is 37.9 Å². The molecule has 0 amide bonds. The minimum absolute atomic E-state index is 0.345. The Kier molecular flexibility index (Phi) is 20.0. The number of carbonyl (C=O) groups is 1. The summed E-state index contributed by atoms with van der Waals surface area (Å²) in [6, 6.07) is 3.84. The van der Waals surface area contributed by atoms with Gasteiger partial charge in [0.15, 0.2) is 8.32 Å². The van der Waals surface area contributed by atoms with Gasteiger partial charge in [0.1, 0.15) is 5.78 Å². The molecule has 0 atom stereocenters. The van der Waals surface area contributed by atoms with E-state index in [2.05, 4.69) is 20.8 Å². The second kappa shape index (κ2) is 20.1. The van der Waals surface area contributed by atoms with Crippen LogP contribution in [0, 0.1) is 0 Å². The average Bonchev–Trinajstić information content (AvgIpc) is 2.70. The van der Waals surface area contributed by atoms with Crippen molar-refractivity contribution >= 4 is 14.1 Å². The third-order valence-electron chi connectivity index (χ3n) is 6.51. The number of carbonyl (C=O) groups excluding carboxylic acids is 1. The molecule has 0 N–H and O–H groups in total. The smallest absolute Gasteiger partial charge is 0.191 e. The number of rotatable bonds is 22. The summed E-state index contributed by atoms with van der Waals surface area (Å²) in [5.74, 6) is 0.345. The number of unbranched alkanes of at least 4 members (excludes halogenated alkanes) is 14. The minimum Gasteiger partial charge on any atom is -0.417 e. The molecule has 0 fully saturated rings. The molecule has 0 rings (SSSR count). The lowest BCUT2D eigenvalue weighted by Gasteiger charge is -2.27. The van der Waals surface area contributed by atoms with E-state index in [9.17, 15) is 4.79 Å².